The lowest BCUT2D eigenvalue weighted by Gasteiger charge is -2.14. The van der Waals surface area contributed by atoms with E-state index in [2.05, 4.69) is 6.92 Å². The third-order valence-electron chi connectivity index (χ3n) is 3.38. The molecule has 0 aliphatic rings. The molecule has 0 atom stereocenters. The molecule has 2 rings (SSSR count). The van der Waals surface area contributed by atoms with Crippen LogP contribution in [-0.2, 0) is 6.54 Å². The van der Waals surface area contributed by atoms with Gasteiger partial charge in [-0.2, -0.15) is 0 Å². The summed E-state index contributed by atoms with van der Waals surface area (Å²) in [6.07, 6.45) is 1.97. The molecule has 4 heteroatoms. The van der Waals surface area contributed by atoms with Crippen LogP contribution in [0.5, 0.6) is 5.75 Å². The molecule has 0 fully saturated rings. The Morgan fingerprint density at radius 1 is 1.19 bits per heavy atom. The highest BCUT2D eigenvalue weighted by molar-refractivity contribution is 5.63. The van der Waals surface area contributed by atoms with E-state index in [0.29, 0.717) is 13.2 Å². The van der Waals surface area contributed by atoms with Crippen molar-refractivity contribution in [2.45, 2.75) is 33.2 Å². The van der Waals surface area contributed by atoms with Crippen LogP contribution in [-0.4, -0.2) is 11.2 Å². The molecule has 0 bridgehead atoms. The molecule has 0 radical (unpaired) electrons. The lowest BCUT2D eigenvalue weighted by molar-refractivity contribution is 0.340. The van der Waals surface area contributed by atoms with Gasteiger partial charge in [-0.05, 0) is 37.6 Å². The predicted octanol–water partition coefficient (Wildman–Crippen LogP) is 3.30. The first-order chi connectivity index (χ1) is 10.2. The van der Waals surface area contributed by atoms with Crippen molar-refractivity contribution in [3.63, 3.8) is 0 Å². The second-order valence-corrected chi connectivity index (χ2v) is 4.95. The summed E-state index contributed by atoms with van der Waals surface area (Å²) in [6, 6.07) is 11.4. The third-order valence-corrected chi connectivity index (χ3v) is 3.38. The van der Waals surface area contributed by atoms with Gasteiger partial charge in [0.25, 0.3) is 5.56 Å². The number of ether oxygens (including phenoxy) is 1. The lowest BCUT2D eigenvalue weighted by atomic mass is 10.1. The normalized spacial score (nSPS) is 10.6. The van der Waals surface area contributed by atoms with Gasteiger partial charge in [0.1, 0.15) is 5.75 Å². The van der Waals surface area contributed by atoms with Gasteiger partial charge in [-0.1, -0.05) is 25.5 Å². The van der Waals surface area contributed by atoms with Crippen molar-refractivity contribution >= 4 is 5.69 Å². The number of nitrogens with two attached hydrogens (primary N) is 1. The molecule has 21 heavy (non-hydrogen) atoms. The van der Waals surface area contributed by atoms with Crippen molar-refractivity contribution in [1.29, 1.82) is 0 Å². The topological polar surface area (TPSA) is 57.2 Å². The average molecular weight is 286 g/mol. The summed E-state index contributed by atoms with van der Waals surface area (Å²) in [6.45, 7) is 5.35. The fraction of sp³-hybridized carbons (Fsp3) is 0.353. The van der Waals surface area contributed by atoms with Crippen molar-refractivity contribution in [1.82, 2.24) is 4.57 Å². The van der Waals surface area contributed by atoms with Crippen LogP contribution in [0.1, 0.15) is 26.7 Å². The fourth-order valence-electron chi connectivity index (χ4n) is 2.30. The second-order valence-electron chi connectivity index (χ2n) is 4.95. The highest BCUT2D eigenvalue weighted by Crippen LogP contribution is 2.24. The molecule has 2 aromatic rings. The van der Waals surface area contributed by atoms with Crippen molar-refractivity contribution < 1.29 is 4.74 Å². The Hall–Kier alpha value is -2.23. The molecular weight excluding hydrogens is 264 g/mol. The number of anilines is 1. The maximum absolute atomic E-state index is 12.3. The van der Waals surface area contributed by atoms with Crippen LogP contribution in [0, 0.1) is 0 Å². The van der Waals surface area contributed by atoms with E-state index in [4.69, 9.17) is 10.5 Å². The number of pyridine rings is 1. The van der Waals surface area contributed by atoms with Gasteiger partial charge in [-0.25, -0.2) is 0 Å². The summed E-state index contributed by atoms with van der Waals surface area (Å²) in [7, 11) is 0. The number of hydrogen-bond acceptors (Lipinski definition) is 3. The maximum Gasteiger partial charge on any atom is 0.274 e. The van der Waals surface area contributed by atoms with Gasteiger partial charge in [0.05, 0.1) is 18.0 Å². The van der Waals surface area contributed by atoms with Crippen molar-refractivity contribution in [3.05, 3.63) is 46.8 Å². The number of hydrogen-bond donors (Lipinski definition) is 1. The molecule has 0 aliphatic carbocycles. The summed E-state index contributed by atoms with van der Waals surface area (Å²) in [5, 5.41) is 0. The lowest BCUT2D eigenvalue weighted by Crippen LogP contribution is -2.24. The quantitative estimate of drug-likeness (QED) is 0.886. The number of nitrogens with zero attached hydrogens (tertiary/aromatic N) is 1. The van der Waals surface area contributed by atoms with Gasteiger partial charge >= 0.3 is 0 Å². The van der Waals surface area contributed by atoms with Crippen LogP contribution in [0.25, 0.3) is 11.3 Å². The van der Waals surface area contributed by atoms with Gasteiger partial charge in [-0.15, -0.1) is 0 Å². The summed E-state index contributed by atoms with van der Waals surface area (Å²) >= 11 is 0. The first-order valence-corrected chi connectivity index (χ1v) is 7.40. The number of rotatable bonds is 6. The molecule has 4 nitrogen and oxygen atoms in total. The first-order valence-electron chi connectivity index (χ1n) is 7.40. The molecule has 1 aromatic carbocycles. The summed E-state index contributed by atoms with van der Waals surface area (Å²) in [5.41, 5.74) is 7.77. The van der Waals surface area contributed by atoms with Crippen LogP contribution in [0.3, 0.4) is 0 Å². The number of nitrogen functional groups attached to an aromatic ring is 1. The molecule has 0 spiro atoms. The van der Waals surface area contributed by atoms with Crippen molar-refractivity contribution in [2.75, 3.05) is 12.3 Å². The van der Waals surface area contributed by atoms with Gasteiger partial charge in [0, 0.05) is 12.1 Å². The summed E-state index contributed by atoms with van der Waals surface area (Å²) < 4.78 is 7.28. The zero-order valence-corrected chi connectivity index (χ0v) is 12.6. The Bertz CT molecular complexity index is 662. The summed E-state index contributed by atoms with van der Waals surface area (Å²) in [5.74, 6) is 0.807. The molecular formula is C17H22N2O2. The third kappa shape index (κ3) is 3.45. The van der Waals surface area contributed by atoms with E-state index < -0.39 is 0 Å². The molecule has 1 aromatic heterocycles. The monoisotopic (exact) mass is 286 g/mol. The average Bonchev–Trinajstić information content (AvgIpc) is 2.49. The van der Waals surface area contributed by atoms with Gasteiger partial charge in [0.15, 0.2) is 0 Å². The Balaban J connectivity index is 2.49. The van der Waals surface area contributed by atoms with E-state index in [1.807, 2.05) is 37.3 Å². The molecule has 0 saturated heterocycles. The number of aromatic nitrogens is 1. The zero-order valence-electron chi connectivity index (χ0n) is 12.6. The van der Waals surface area contributed by atoms with Crippen LogP contribution in [0.15, 0.2) is 41.2 Å². The Morgan fingerprint density at radius 3 is 2.71 bits per heavy atom. The standard InChI is InChI=1S/C17H22N2O2/c1-3-5-11-19-16(10-9-15(18)17(19)20)13-7-6-8-14(12-13)21-4-2/h6-10,12H,3-5,11,18H2,1-2H3. The molecule has 112 valence electrons. The minimum absolute atomic E-state index is 0.122. The van der Waals surface area contributed by atoms with Crippen molar-refractivity contribution in [3.8, 4) is 17.0 Å². The highest BCUT2D eigenvalue weighted by Gasteiger charge is 2.09. The van der Waals surface area contributed by atoms with E-state index in [1.165, 1.54) is 0 Å². The Kier molecular flexibility index (Phi) is 5.04. The molecule has 0 amide bonds. The largest absolute Gasteiger partial charge is 0.494 e. The van der Waals surface area contributed by atoms with E-state index in [0.717, 1.165) is 29.8 Å². The number of benzene rings is 1. The van der Waals surface area contributed by atoms with Gasteiger partial charge < -0.3 is 15.0 Å². The van der Waals surface area contributed by atoms with Gasteiger partial charge in [0.2, 0.25) is 0 Å². The van der Waals surface area contributed by atoms with E-state index in [9.17, 15) is 4.79 Å². The Labute approximate surface area is 125 Å². The minimum atomic E-state index is -0.122. The predicted molar refractivity (Wildman–Crippen MR) is 86.6 cm³/mol. The minimum Gasteiger partial charge on any atom is -0.494 e. The molecule has 0 saturated carbocycles. The SMILES string of the molecule is CCCCn1c(-c2cccc(OCC)c2)ccc(N)c1=O. The molecule has 0 unspecified atom stereocenters. The fourth-order valence-corrected chi connectivity index (χ4v) is 2.30. The second kappa shape index (κ2) is 6.97. The van der Waals surface area contributed by atoms with Crippen LogP contribution in [0.2, 0.25) is 0 Å². The van der Waals surface area contributed by atoms with Crippen LogP contribution in [0.4, 0.5) is 5.69 Å². The van der Waals surface area contributed by atoms with Crippen LogP contribution >= 0.6 is 0 Å². The van der Waals surface area contributed by atoms with Gasteiger partial charge in [-0.3, -0.25) is 4.79 Å². The molecule has 2 N–H and O–H groups in total. The smallest absolute Gasteiger partial charge is 0.274 e. The van der Waals surface area contributed by atoms with E-state index in [-0.39, 0.29) is 11.2 Å². The molecule has 1 heterocycles. The highest BCUT2D eigenvalue weighted by atomic mass is 16.5. The molecule has 0 aliphatic heterocycles. The summed E-state index contributed by atoms with van der Waals surface area (Å²) in [4.78, 5) is 12.3. The van der Waals surface area contributed by atoms with Crippen LogP contribution < -0.4 is 16.0 Å². The van der Waals surface area contributed by atoms with E-state index >= 15 is 0 Å². The van der Waals surface area contributed by atoms with E-state index in [1.54, 1.807) is 10.6 Å². The number of unbranched alkanes of at least 4 members (excludes halogenated alkanes) is 1. The zero-order chi connectivity index (χ0) is 15.2. The maximum atomic E-state index is 12.3. The Morgan fingerprint density at radius 2 is 2.00 bits per heavy atom. The first kappa shape index (κ1) is 15.2. The van der Waals surface area contributed by atoms with Crippen molar-refractivity contribution in [2.24, 2.45) is 0 Å².